The first-order valence-corrected chi connectivity index (χ1v) is 6.25. The van der Waals surface area contributed by atoms with Crippen LogP contribution in [0.15, 0.2) is 24.5 Å². The van der Waals surface area contributed by atoms with Crippen LogP contribution in [0.5, 0.6) is 11.6 Å². The second kappa shape index (κ2) is 6.15. The summed E-state index contributed by atoms with van der Waals surface area (Å²) in [7, 11) is 0. The van der Waals surface area contributed by atoms with Crippen LogP contribution in [0.3, 0.4) is 0 Å². The van der Waals surface area contributed by atoms with Crippen molar-refractivity contribution in [3.63, 3.8) is 0 Å². The summed E-state index contributed by atoms with van der Waals surface area (Å²) in [6, 6.07) is 5.82. The third-order valence-electron chi connectivity index (χ3n) is 2.83. The number of hydrazine groups is 1. The van der Waals surface area contributed by atoms with E-state index >= 15 is 0 Å². The van der Waals surface area contributed by atoms with Gasteiger partial charge in [0.1, 0.15) is 6.33 Å². The zero-order valence-electron chi connectivity index (χ0n) is 11.6. The Bertz CT molecular complexity index is 696. The highest BCUT2D eigenvalue weighted by Crippen LogP contribution is 2.33. The van der Waals surface area contributed by atoms with Crippen LogP contribution in [-0.4, -0.2) is 9.97 Å². The van der Waals surface area contributed by atoms with Gasteiger partial charge in [-0.3, -0.25) is 0 Å². The van der Waals surface area contributed by atoms with Gasteiger partial charge in [0.25, 0.3) is 0 Å². The van der Waals surface area contributed by atoms with Gasteiger partial charge in [0.05, 0.1) is 17.2 Å². The van der Waals surface area contributed by atoms with E-state index in [4.69, 9.17) is 15.8 Å². The maximum atomic E-state index is 13.9. The second-order valence-electron chi connectivity index (χ2n) is 4.60. The lowest BCUT2D eigenvalue weighted by molar-refractivity contribution is 0.419. The zero-order valence-corrected chi connectivity index (χ0v) is 11.6. The molecule has 0 atom stereocenters. The number of rotatable bonds is 4. The van der Waals surface area contributed by atoms with Crippen molar-refractivity contribution < 1.29 is 9.13 Å². The van der Waals surface area contributed by atoms with Gasteiger partial charge >= 0.3 is 0 Å². The fourth-order valence-corrected chi connectivity index (χ4v) is 1.85. The third-order valence-corrected chi connectivity index (χ3v) is 2.83. The Kier molecular flexibility index (Phi) is 4.30. The number of nitrogens with one attached hydrogen (secondary N) is 1. The minimum Gasteiger partial charge on any atom is -0.435 e. The largest absolute Gasteiger partial charge is 0.435 e. The minimum absolute atomic E-state index is 0.0161. The number of anilines is 1. The predicted octanol–water partition coefficient (Wildman–Crippen LogP) is 2.69. The molecule has 2 rings (SSSR count). The van der Waals surface area contributed by atoms with Crippen LogP contribution in [0.1, 0.15) is 30.9 Å². The number of nitrogens with zero attached hydrogens (tertiary/aromatic N) is 3. The Morgan fingerprint density at radius 1 is 1.38 bits per heavy atom. The Labute approximate surface area is 121 Å². The summed E-state index contributed by atoms with van der Waals surface area (Å²) in [4.78, 5) is 8.03. The average molecular weight is 287 g/mol. The number of benzene rings is 1. The van der Waals surface area contributed by atoms with Gasteiger partial charge in [0, 0.05) is 0 Å². The average Bonchev–Trinajstić information content (AvgIpc) is 2.48. The van der Waals surface area contributed by atoms with E-state index in [1.54, 1.807) is 0 Å². The quantitative estimate of drug-likeness (QED) is 0.663. The first-order valence-electron chi connectivity index (χ1n) is 6.25. The van der Waals surface area contributed by atoms with Crippen LogP contribution in [-0.2, 0) is 0 Å². The summed E-state index contributed by atoms with van der Waals surface area (Å²) in [5.74, 6) is 5.42. The molecule has 3 N–H and O–H groups in total. The highest BCUT2D eigenvalue weighted by atomic mass is 19.1. The Balaban J connectivity index is 2.43. The van der Waals surface area contributed by atoms with Crippen LogP contribution >= 0.6 is 0 Å². The van der Waals surface area contributed by atoms with Crippen molar-refractivity contribution in [3.8, 4) is 17.7 Å². The summed E-state index contributed by atoms with van der Waals surface area (Å²) in [5.41, 5.74) is 3.33. The second-order valence-corrected chi connectivity index (χ2v) is 4.60. The van der Waals surface area contributed by atoms with Crippen LogP contribution in [0.4, 0.5) is 10.2 Å². The molecule has 0 saturated carbocycles. The predicted molar refractivity (Wildman–Crippen MR) is 75.1 cm³/mol. The molecular weight excluding hydrogens is 273 g/mol. The number of hydrogen-bond acceptors (Lipinski definition) is 6. The lowest BCUT2D eigenvalue weighted by Crippen LogP contribution is -2.13. The SMILES string of the molecule is CC(C)c1c(NN)ncnc1Oc1ccc(C#N)cc1F. The molecule has 0 fully saturated rings. The van der Waals surface area contributed by atoms with E-state index in [9.17, 15) is 4.39 Å². The molecule has 0 aliphatic rings. The molecule has 0 unspecified atom stereocenters. The maximum Gasteiger partial charge on any atom is 0.228 e. The maximum absolute atomic E-state index is 13.9. The van der Waals surface area contributed by atoms with E-state index < -0.39 is 5.82 Å². The van der Waals surface area contributed by atoms with Crippen molar-refractivity contribution >= 4 is 5.82 Å². The molecule has 21 heavy (non-hydrogen) atoms. The molecule has 2 aromatic rings. The smallest absolute Gasteiger partial charge is 0.228 e. The van der Waals surface area contributed by atoms with Gasteiger partial charge in [0.15, 0.2) is 17.4 Å². The first kappa shape index (κ1) is 14.7. The van der Waals surface area contributed by atoms with Crippen LogP contribution < -0.4 is 16.0 Å². The van der Waals surface area contributed by atoms with Gasteiger partial charge in [-0.05, 0) is 24.1 Å². The van der Waals surface area contributed by atoms with Crippen molar-refractivity contribution in [3.05, 3.63) is 41.5 Å². The molecule has 0 aliphatic carbocycles. The minimum atomic E-state index is -0.635. The molecule has 0 saturated heterocycles. The van der Waals surface area contributed by atoms with Crippen LogP contribution in [0, 0.1) is 17.1 Å². The van der Waals surface area contributed by atoms with E-state index in [1.165, 1.54) is 18.5 Å². The van der Waals surface area contributed by atoms with Crippen molar-refractivity contribution in [1.82, 2.24) is 9.97 Å². The fraction of sp³-hybridized carbons (Fsp3) is 0.214. The molecule has 0 radical (unpaired) electrons. The summed E-state index contributed by atoms with van der Waals surface area (Å²) >= 11 is 0. The van der Waals surface area contributed by atoms with Gasteiger partial charge < -0.3 is 10.2 Å². The van der Waals surface area contributed by atoms with Crippen molar-refractivity contribution in [2.75, 3.05) is 5.43 Å². The Morgan fingerprint density at radius 3 is 2.71 bits per heavy atom. The van der Waals surface area contributed by atoms with E-state index in [0.29, 0.717) is 11.4 Å². The Hall–Kier alpha value is -2.72. The molecule has 1 aromatic carbocycles. The van der Waals surface area contributed by atoms with Gasteiger partial charge in [-0.25, -0.2) is 20.2 Å². The fourth-order valence-electron chi connectivity index (χ4n) is 1.85. The molecule has 0 spiro atoms. The molecule has 7 heteroatoms. The van der Waals surface area contributed by atoms with Gasteiger partial charge in [-0.1, -0.05) is 13.8 Å². The summed E-state index contributed by atoms with van der Waals surface area (Å²) in [6.45, 7) is 3.84. The Morgan fingerprint density at radius 2 is 2.14 bits per heavy atom. The lowest BCUT2D eigenvalue weighted by Gasteiger charge is -2.15. The van der Waals surface area contributed by atoms with Crippen LogP contribution in [0.25, 0.3) is 0 Å². The van der Waals surface area contributed by atoms with E-state index in [-0.39, 0.29) is 23.1 Å². The molecule has 108 valence electrons. The molecule has 1 aromatic heterocycles. The lowest BCUT2D eigenvalue weighted by atomic mass is 10.1. The highest BCUT2D eigenvalue weighted by molar-refractivity contribution is 5.51. The highest BCUT2D eigenvalue weighted by Gasteiger charge is 2.17. The van der Waals surface area contributed by atoms with E-state index in [2.05, 4.69) is 15.4 Å². The zero-order chi connectivity index (χ0) is 15.4. The molecule has 0 aliphatic heterocycles. The number of aromatic nitrogens is 2. The molecule has 1 heterocycles. The summed E-state index contributed by atoms with van der Waals surface area (Å²) in [6.07, 6.45) is 1.28. The number of nitriles is 1. The molecule has 0 bridgehead atoms. The topological polar surface area (TPSA) is 96.8 Å². The van der Waals surface area contributed by atoms with E-state index in [1.807, 2.05) is 19.9 Å². The molecule has 6 nitrogen and oxygen atoms in total. The summed E-state index contributed by atoms with van der Waals surface area (Å²) < 4.78 is 19.4. The van der Waals surface area contributed by atoms with Gasteiger partial charge in [-0.15, -0.1) is 0 Å². The van der Waals surface area contributed by atoms with Crippen molar-refractivity contribution in [2.24, 2.45) is 5.84 Å². The number of nitrogens with two attached hydrogens (primary N) is 1. The standard InChI is InChI=1S/C14H14FN5O/c1-8(2)12-13(20-17)18-7-19-14(12)21-11-4-3-9(6-16)5-10(11)15/h3-5,7-8H,17H2,1-2H3,(H,18,19,20). The first-order chi connectivity index (χ1) is 10.1. The number of halogens is 1. The van der Waals surface area contributed by atoms with Crippen molar-refractivity contribution in [1.29, 1.82) is 5.26 Å². The van der Waals surface area contributed by atoms with Gasteiger partial charge in [-0.2, -0.15) is 5.26 Å². The van der Waals surface area contributed by atoms with E-state index in [0.717, 1.165) is 6.07 Å². The van der Waals surface area contributed by atoms with Crippen molar-refractivity contribution in [2.45, 2.75) is 19.8 Å². The summed E-state index contributed by atoms with van der Waals surface area (Å²) in [5, 5.41) is 8.73. The number of hydrogen-bond donors (Lipinski definition) is 2. The van der Waals surface area contributed by atoms with Crippen LogP contribution in [0.2, 0.25) is 0 Å². The molecular formula is C14H14FN5O. The monoisotopic (exact) mass is 287 g/mol. The number of ether oxygens (including phenoxy) is 1. The normalized spacial score (nSPS) is 10.3. The number of nitrogen functional groups attached to an aromatic ring is 1. The van der Waals surface area contributed by atoms with Gasteiger partial charge in [0.2, 0.25) is 5.88 Å². The third kappa shape index (κ3) is 3.07. The molecule has 0 amide bonds.